The molecule has 0 saturated carbocycles. The lowest BCUT2D eigenvalue weighted by Gasteiger charge is -2.08. The molecule has 1 aromatic rings. The number of rotatable bonds is 4. The smallest absolute Gasteiger partial charge is 0.232 e. The Hall–Kier alpha value is -1.89. The van der Waals surface area contributed by atoms with Gasteiger partial charge in [0, 0.05) is 12.5 Å². The Morgan fingerprint density at radius 2 is 2.47 bits per heavy atom. The molecule has 17 heavy (non-hydrogen) atoms. The molecule has 0 amide bonds. The van der Waals surface area contributed by atoms with Crippen molar-refractivity contribution >= 4 is 5.84 Å². The van der Waals surface area contributed by atoms with Crippen LogP contribution < -0.4 is 10.5 Å². The first-order valence-electron chi connectivity index (χ1n) is 5.30. The standard InChI is InChI=1S/C10H14N4O3/c11-10(14-15)8-3-13-9(4-12-8)17-6-7-1-2-16-5-7/h3-4,7,15H,1-2,5-6H2,(H2,11,14). The molecule has 0 aliphatic carbocycles. The molecule has 1 aromatic heterocycles. The van der Waals surface area contributed by atoms with Crippen LogP contribution in [0.15, 0.2) is 17.5 Å². The van der Waals surface area contributed by atoms with Gasteiger partial charge in [-0.1, -0.05) is 5.16 Å². The molecule has 2 heterocycles. The molecule has 1 fully saturated rings. The van der Waals surface area contributed by atoms with E-state index in [1.54, 1.807) is 0 Å². The van der Waals surface area contributed by atoms with E-state index in [1.807, 2.05) is 0 Å². The number of oxime groups is 1. The van der Waals surface area contributed by atoms with Gasteiger partial charge in [-0.15, -0.1) is 0 Å². The number of amidine groups is 1. The van der Waals surface area contributed by atoms with Crippen LogP contribution in [0.25, 0.3) is 0 Å². The third-order valence-electron chi connectivity index (χ3n) is 2.49. The van der Waals surface area contributed by atoms with Gasteiger partial charge in [0.15, 0.2) is 5.84 Å². The molecule has 1 aliphatic heterocycles. The SMILES string of the molecule is NC(=NO)c1cnc(OCC2CCOC2)cn1. The number of nitrogens with zero attached hydrogens (tertiary/aromatic N) is 3. The lowest BCUT2D eigenvalue weighted by atomic mass is 10.1. The van der Waals surface area contributed by atoms with Gasteiger partial charge in [-0.3, -0.25) is 0 Å². The lowest BCUT2D eigenvalue weighted by molar-refractivity contribution is 0.165. The molecule has 3 N–H and O–H groups in total. The fraction of sp³-hybridized carbons (Fsp3) is 0.500. The van der Waals surface area contributed by atoms with Crippen LogP contribution in [-0.4, -0.2) is 40.8 Å². The van der Waals surface area contributed by atoms with Crippen molar-refractivity contribution in [2.75, 3.05) is 19.8 Å². The summed E-state index contributed by atoms with van der Waals surface area (Å²) in [7, 11) is 0. The summed E-state index contributed by atoms with van der Waals surface area (Å²) < 4.78 is 10.7. The van der Waals surface area contributed by atoms with E-state index in [2.05, 4.69) is 15.1 Å². The van der Waals surface area contributed by atoms with Crippen molar-refractivity contribution in [2.45, 2.75) is 6.42 Å². The maximum atomic E-state index is 8.45. The quantitative estimate of drug-likeness (QED) is 0.331. The van der Waals surface area contributed by atoms with Crippen LogP contribution in [0, 0.1) is 5.92 Å². The molecule has 0 aromatic carbocycles. The maximum Gasteiger partial charge on any atom is 0.232 e. The van der Waals surface area contributed by atoms with Crippen molar-refractivity contribution in [1.29, 1.82) is 0 Å². The second-order valence-corrected chi connectivity index (χ2v) is 3.77. The highest BCUT2D eigenvalue weighted by molar-refractivity contribution is 5.94. The highest BCUT2D eigenvalue weighted by Crippen LogP contribution is 2.14. The molecular weight excluding hydrogens is 224 g/mol. The Balaban J connectivity index is 1.89. The predicted octanol–water partition coefficient (Wildman–Crippen LogP) is -0.0136. The Morgan fingerprint density at radius 1 is 1.59 bits per heavy atom. The summed E-state index contributed by atoms with van der Waals surface area (Å²) in [5, 5.41) is 11.3. The maximum absolute atomic E-state index is 8.45. The highest BCUT2D eigenvalue weighted by Gasteiger charge is 2.16. The highest BCUT2D eigenvalue weighted by atomic mass is 16.5. The van der Waals surface area contributed by atoms with E-state index in [0.29, 0.717) is 24.1 Å². The molecule has 0 spiro atoms. The Kier molecular flexibility index (Phi) is 3.71. The van der Waals surface area contributed by atoms with Crippen molar-refractivity contribution in [3.63, 3.8) is 0 Å². The van der Waals surface area contributed by atoms with E-state index >= 15 is 0 Å². The van der Waals surface area contributed by atoms with Crippen LogP contribution in [0.3, 0.4) is 0 Å². The molecule has 1 unspecified atom stereocenters. The molecular formula is C10H14N4O3. The summed E-state index contributed by atoms with van der Waals surface area (Å²) in [6.45, 7) is 2.09. The Morgan fingerprint density at radius 3 is 3.06 bits per heavy atom. The molecule has 92 valence electrons. The van der Waals surface area contributed by atoms with Crippen LogP contribution in [0.5, 0.6) is 5.88 Å². The van der Waals surface area contributed by atoms with E-state index in [0.717, 1.165) is 19.6 Å². The minimum absolute atomic E-state index is 0.0757. The molecule has 1 atom stereocenters. The van der Waals surface area contributed by atoms with E-state index in [-0.39, 0.29) is 5.84 Å². The Labute approximate surface area is 98.3 Å². The third-order valence-corrected chi connectivity index (χ3v) is 2.49. The van der Waals surface area contributed by atoms with Gasteiger partial charge in [0.1, 0.15) is 5.69 Å². The number of nitrogens with two attached hydrogens (primary N) is 1. The molecule has 7 heteroatoms. The summed E-state index contributed by atoms with van der Waals surface area (Å²) in [4.78, 5) is 7.97. The van der Waals surface area contributed by atoms with Gasteiger partial charge in [0.2, 0.25) is 5.88 Å². The third kappa shape index (κ3) is 3.04. The van der Waals surface area contributed by atoms with Crippen molar-refractivity contribution < 1.29 is 14.7 Å². The molecule has 1 saturated heterocycles. The topological polar surface area (TPSA) is 103 Å². The summed E-state index contributed by atoms with van der Waals surface area (Å²) in [5.41, 5.74) is 5.67. The molecule has 0 bridgehead atoms. The fourth-order valence-electron chi connectivity index (χ4n) is 1.49. The van der Waals surface area contributed by atoms with Crippen LogP contribution in [-0.2, 0) is 4.74 Å². The minimum atomic E-state index is -0.0757. The van der Waals surface area contributed by atoms with Gasteiger partial charge in [0.25, 0.3) is 0 Å². The summed E-state index contributed by atoms with van der Waals surface area (Å²) >= 11 is 0. The summed E-state index contributed by atoms with van der Waals surface area (Å²) in [6, 6.07) is 0. The van der Waals surface area contributed by atoms with Crippen molar-refractivity contribution in [1.82, 2.24) is 9.97 Å². The summed E-state index contributed by atoms with van der Waals surface area (Å²) in [5.74, 6) is 0.764. The fourth-order valence-corrected chi connectivity index (χ4v) is 1.49. The first-order valence-corrected chi connectivity index (χ1v) is 5.30. The second kappa shape index (κ2) is 5.44. The average Bonchev–Trinajstić information content (AvgIpc) is 2.89. The first kappa shape index (κ1) is 11.6. The number of hydrogen-bond acceptors (Lipinski definition) is 6. The number of aromatic nitrogens is 2. The summed E-state index contributed by atoms with van der Waals surface area (Å²) in [6.07, 6.45) is 3.86. The van der Waals surface area contributed by atoms with E-state index in [9.17, 15) is 0 Å². The van der Waals surface area contributed by atoms with E-state index in [1.165, 1.54) is 12.4 Å². The van der Waals surface area contributed by atoms with Gasteiger partial charge in [-0.25, -0.2) is 9.97 Å². The number of ether oxygens (including phenoxy) is 2. The molecule has 2 rings (SSSR count). The molecule has 7 nitrogen and oxygen atoms in total. The van der Waals surface area contributed by atoms with E-state index < -0.39 is 0 Å². The Bertz CT molecular complexity index is 387. The van der Waals surface area contributed by atoms with Gasteiger partial charge < -0.3 is 20.4 Å². The van der Waals surface area contributed by atoms with Gasteiger partial charge in [-0.05, 0) is 6.42 Å². The minimum Gasteiger partial charge on any atom is -0.476 e. The monoisotopic (exact) mass is 238 g/mol. The van der Waals surface area contributed by atoms with Gasteiger partial charge in [-0.2, -0.15) is 0 Å². The van der Waals surface area contributed by atoms with Gasteiger partial charge in [0.05, 0.1) is 25.6 Å². The van der Waals surface area contributed by atoms with Crippen LogP contribution >= 0.6 is 0 Å². The van der Waals surface area contributed by atoms with Crippen molar-refractivity contribution in [2.24, 2.45) is 16.8 Å². The second-order valence-electron chi connectivity index (χ2n) is 3.77. The average molecular weight is 238 g/mol. The largest absolute Gasteiger partial charge is 0.476 e. The van der Waals surface area contributed by atoms with Gasteiger partial charge >= 0.3 is 0 Å². The first-order chi connectivity index (χ1) is 8.29. The van der Waals surface area contributed by atoms with Crippen LogP contribution in [0.4, 0.5) is 0 Å². The van der Waals surface area contributed by atoms with Crippen LogP contribution in [0.1, 0.15) is 12.1 Å². The predicted molar refractivity (Wildman–Crippen MR) is 59.0 cm³/mol. The zero-order chi connectivity index (χ0) is 12.1. The zero-order valence-electron chi connectivity index (χ0n) is 9.24. The molecule has 0 radical (unpaired) electrons. The van der Waals surface area contributed by atoms with Crippen molar-refractivity contribution in [3.8, 4) is 5.88 Å². The molecule has 1 aliphatic rings. The lowest BCUT2D eigenvalue weighted by Crippen LogP contribution is -2.16. The van der Waals surface area contributed by atoms with E-state index in [4.69, 9.17) is 20.4 Å². The van der Waals surface area contributed by atoms with Crippen molar-refractivity contribution in [3.05, 3.63) is 18.1 Å². The van der Waals surface area contributed by atoms with Crippen LogP contribution in [0.2, 0.25) is 0 Å². The zero-order valence-corrected chi connectivity index (χ0v) is 9.24. The number of hydrogen-bond donors (Lipinski definition) is 2. The normalized spacial score (nSPS) is 20.5.